The molecule has 6 heterocycles. The standard InChI is InChI=1S/C53H56ClN9O4/c1-34(64)62-26-21-50-46(33-62)52(60-63(50)41-22-27-66-28-23-41)44-4-2-3-38-29-49(56-32-45(38)44)37-9-7-35(8-10-37)5-6-36-19-24-61(25-20-36)51-18-17-48(58-59-51)53(65)57-40-12-15-42(16-13-40)67-43-14-11-39(31-55)47(54)30-43/h2-4,7-11,14,17-18,29-30,32,36,40-42H,5-6,12-13,15-16,19-28,33H2,1H3,(H,57,65). The van der Waals surface area contributed by atoms with Crippen molar-refractivity contribution in [3.05, 3.63) is 118 Å². The number of hydrogen-bond donors (Lipinski definition) is 1. The molecule has 2 amide bonds. The zero-order valence-electron chi connectivity index (χ0n) is 38.0. The van der Waals surface area contributed by atoms with E-state index in [-0.39, 0.29) is 24.0 Å². The number of nitrogens with zero attached hydrogens (tertiary/aromatic N) is 8. The van der Waals surface area contributed by atoms with Gasteiger partial charge in [-0.05, 0) is 111 Å². The van der Waals surface area contributed by atoms with Crippen LogP contribution >= 0.6 is 11.6 Å². The third kappa shape index (κ3) is 9.88. The van der Waals surface area contributed by atoms with Crippen molar-refractivity contribution in [3.8, 4) is 34.3 Å². The first-order valence-corrected chi connectivity index (χ1v) is 24.3. The Morgan fingerprint density at radius 1 is 0.910 bits per heavy atom. The maximum Gasteiger partial charge on any atom is 0.272 e. The van der Waals surface area contributed by atoms with Crippen LogP contribution in [0.4, 0.5) is 5.82 Å². The van der Waals surface area contributed by atoms with Crippen molar-refractivity contribution in [2.75, 3.05) is 37.7 Å². The lowest BCUT2D eigenvalue weighted by molar-refractivity contribution is -0.129. The molecule has 3 aromatic heterocycles. The number of ether oxygens (including phenoxy) is 2. The predicted molar refractivity (Wildman–Crippen MR) is 258 cm³/mol. The molecule has 0 radical (unpaired) electrons. The van der Waals surface area contributed by atoms with Crippen LogP contribution in [0.15, 0.2) is 85.1 Å². The molecule has 3 fully saturated rings. The maximum atomic E-state index is 13.1. The summed E-state index contributed by atoms with van der Waals surface area (Å²) in [5.74, 6) is 1.99. The summed E-state index contributed by atoms with van der Waals surface area (Å²) < 4.78 is 14.0. The molecule has 6 aromatic rings. The summed E-state index contributed by atoms with van der Waals surface area (Å²) in [6.07, 6.45) is 12.3. The molecule has 0 atom stereocenters. The van der Waals surface area contributed by atoms with Gasteiger partial charge in [0.05, 0.1) is 34.1 Å². The van der Waals surface area contributed by atoms with Gasteiger partial charge >= 0.3 is 0 Å². The quantitative estimate of drug-likeness (QED) is 0.133. The largest absolute Gasteiger partial charge is 0.490 e. The van der Waals surface area contributed by atoms with Crippen molar-refractivity contribution in [2.45, 2.75) is 102 Å². The Hall–Kier alpha value is -6.36. The maximum absolute atomic E-state index is 13.1. The van der Waals surface area contributed by atoms with Crippen molar-refractivity contribution in [1.29, 1.82) is 5.26 Å². The molecule has 67 heavy (non-hydrogen) atoms. The number of nitrogens with one attached hydrogen (secondary N) is 1. The van der Waals surface area contributed by atoms with E-state index in [2.05, 4.69) is 79.7 Å². The molecule has 0 bridgehead atoms. The van der Waals surface area contributed by atoms with E-state index in [4.69, 9.17) is 36.4 Å². The van der Waals surface area contributed by atoms with Gasteiger partial charge in [0.15, 0.2) is 11.5 Å². The van der Waals surface area contributed by atoms with Crippen LogP contribution < -0.4 is 15.0 Å². The van der Waals surface area contributed by atoms with Crippen molar-refractivity contribution >= 4 is 40.0 Å². The van der Waals surface area contributed by atoms with Crippen LogP contribution in [0.1, 0.15) is 104 Å². The number of aryl methyl sites for hydroxylation is 1. The summed E-state index contributed by atoms with van der Waals surface area (Å²) in [6.45, 7) is 6.27. The Morgan fingerprint density at radius 2 is 1.72 bits per heavy atom. The second kappa shape index (κ2) is 19.9. The molecule has 3 aliphatic heterocycles. The van der Waals surface area contributed by atoms with Crippen LogP contribution in [0.3, 0.4) is 0 Å². The molecule has 1 N–H and O–H groups in total. The lowest BCUT2D eigenvalue weighted by Crippen LogP contribution is -2.40. The zero-order valence-corrected chi connectivity index (χ0v) is 38.8. The first-order chi connectivity index (χ1) is 32.8. The van der Waals surface area contributed by atoms with Gasteiger partial charge in [0, 0.05) is 98.8 Å². The van der Waals surface area contributed by atoms with Gasteiger partial charge in [-0.15, -0.1) is 10.2 Å². The van der Waals surface area contributed by atoms with Crippen LogP contribution in [0.2, 0.25) is 5.02 Å². The van der Waals surface area contributed by atoms with Crippen molar-refractivity contribution in [1.82, 2.24) is 35.2 Å². The average molecular weight is 919 g/mol. The van der Waals surface area contributed by atoms with Gasteiger partial charge < -0.3 is 24.6 Å². The van der Waals surface area contributed by atoms with Crippen LogP contribution in [0.5, 0.6) is 5.75 Å². The van der Waals surface area contributed by atoms with Gasteiger partial charge in [-0.25, -0.2) is 0 Å². The molecule has 10 rings (SSSR count). The predicted octanol–water partition coefficient (Wildman–Crippen LogP) is 9.31. The smallest absolute Gasteiger partial charge is 0.272 e. The molecule has 4 aliphatic rings. The molecule has 1 saturated carbocycles. The number of pyridine rings is 1. The number of amides is 2. The summed E-state index contributed by atoms with van der Waals surface area (Å²) >= 11 is 6.17. The minimum Gasteiger partial charge on any atom is -0.490 e. The summed E-state index contributed by atoms with van der Waals surface area (Å²) in [5.41, 5.74) is 8.53. The monoisotopic (exact) mass is 917 g/mol. The molecule has 0 unspecified atom stereocenters. The number of fused-ring (bicyclic) bond motifs is 2. The fraction of sp³-hybridized carbons (Fsp3) is 0.415. The Kier molecular flexibility index (Phi) is 13.2. The van der Waals surface area contributed by atoms with Crippen molar-refractivity contribution in [2.24, 2.45) is 5.92 Å². The van der Waals surface area contributed by atoms with Gasteiger partial charge in [-0.3, -0.25) is 19.3 Å². The lowest BCUT2D eigenvalue weighted by atomic mass is 9.90. The highest BCUT2D eigenvalue weighted by Gasteiger charge is 2.31. The highest BCUT2D eigenvalue weighted by atomic mass is 35.5. The third-order valence-corrected chi connectivity index (χ3v) is 14.7. The number of benzene rings is 3. The number of hydrogen-bond acceptors (Lipinski definition) is 10. The number of carbonyl (C=O) groups is 2. The molecular weight excluding hydrogens is 862 g/mol. The molecule has 0 spiro atoms. The van der Waals surface area contributed by atoms with Gasteiger partial charge in [0.2, 0.25) is 5.91 Å². The summed E-state index contributed by atoms with van der Waals surface area (Å²) in [5, 5.41) is 28.9. The minimum absolute atomic E-state index is 0.0323. The van der Waals surface area contributed by atoms with Gasteiger partial charge in [0.25, 0.3) is 5.91 Å². The van der Waals surface area contributed by atoms with E-state index >= 15 is 0 Å². The van der Waals surface area contributed by atoms with Gasteiger partial charge in [-0.2, -0.15) is 10.4 Å². The molecule has 3 aromatic carbocycles. The molecule has 2 saturated heterocycles. The number of carbonyl (C=O) groups excluding carboxylic acids is 2. The molecule has 344 valence electrons. The second-order valence-electron chi connectivity index (χ2n) is 18.6. The Bertz CT molecular complexity index is 2780. The van der Waals surface area contributed by atoms with E-state index in [9.17, 15) is 9.59 Å². The van der Waals surface area contributed by atoms with E-state index in [1.807, 2.05) is 17.2 Å². The molecule has 14 heteroatoms. The Labute approximate surface area is 396 Å². The van der Waals surface area contributed by atoms with Crippen molar-refractivity contribution < 1.29 is 19.1 Å². The van der Waals surface area contributed by atoms with Crippen LogP contribution in [-0.2, 0) is 28.9 Å². The summed E-state index contributed by atoms with van der Waals surface area (Å²) in [7, 11) is 0. The second-order valence-corrected chi connectivity index (χ2v) is 19.0. The van der Waals surface area contributed by atoms with E-state index in [0.29, 0.717) is 40.5 Å². The highest BCUT2D eigenvalue weighted by molar-refractivity contribution is 6.31. The third-order valence-electron chi connectivity index (χ3n) is 14.4. The van der Waals surface area contributed by atoms with Crippen LogP contribution in [-0.4, -0.2) is 86.7 Å². The van der Waals surface area contributed by atoms with Gasteiger partial charge in [-0.1, -0.05) is 54.1 Å². The SMILES string of the molecule is CC(=O)N1CCc2c(c(-c3cccc4cc(-c5ccc(CCC6CCN(c7ccc(C(=O)NC8CCC(Oc9ccc(C#N)c(Cl)c9)CC8)nn7)CC6)cc5)ncc34)nn2C2CCOCC2)C1. The Balaban J connectivity index is 0.703. The van der Waals surface area contributed by atoms with Crippen molar-refractivity contribution in [3.63, 3.8) is 0 Å². The first-order valence-electron chi connectivity index (χ1n) is 23.9. The van der Waals surface area contributed by atoms with Gasteiger partial charge in [0.1, 0.15) is 11.8 Å². The molecule has 1 aliphatic carbocycles. The van der Waals surface area contributed by atoms with E-state index in [0.717, 1.165) is 148 Å². The van der Waals surface area contributed by atoms with Crippen LogP contribution in [0.25, 0.3) is 33.3 Å². The number of aromatic nitrogens is 5. The Morgan fingerprint density at radius 3 is 2.45 bits per heavy atom. The number of halogens is 1. The molecule has 13 nitrogen and oxygen atoms in total. The highest BCUT2D eigenvalue weighted by Crippen LogP contribution is 2.38. The van der Waals surface area contributed by atoms with Crippen LogP contribution in [0, 0.1) is 17.2 Å². The number of anilines is 1. The normalized spacial score (nSPS) is 19.2. The van der Waals surface area contributed by atoms with E-state index < -0.39 is 0 Å². The summed E-state index contributed by atoms with van der Waals surface area (Å²) in [6, 6.07) is 28.7. The fourth-order valence-corrected chi connectivity index (χ4v) is 10.6. The lowest BCUT2D eigenvalue weighted by Gasteiger charge is -2.32. The first kappa shape index (κ1) is 44.5. The zero-order chi connectivity index (χ0) is 45.9. The van der Waals surface area contributed by atoms with E-state index in [1.165, 1.54) is 11.3 Å². The topological polar surface area (TPSA) is 151 Å². The van der Waals surface area contributed by atoms with E-state index in [1.54, 1.807) is 31.2 Å². The number of nitriles is 1. The number of rotatable bonds is 11. The molecular formula is C53H56ClN9O4. The fourth-order valence-electron chi connectivity index (χ4n) is 10.4. The summed E-state index contributed by atoms with van der Waals surface area (Å²) in [4.78, 5) is 34.8. The average Bonchev–Trinajstić information content (AvgIpc) is 3.75. The minimum atomic E-state index is -0.204. The number of piperidine rings is 1.